The summed E-state index contributed by atoms with van der Waals surface area (Å²) < 4.78 is 40.7. The van der Waals surface area contributed by atoms with E-state index in [1.54, 1.807) is 0 Å². The molecule has 2 unspecified atom stereocenters. The minimum absolute atomic E-state index is 0.0469. The molecule has 2 atom stereocenters. The van der Waals surface area contributed by atoms with Gasteiger partial charge < -0.3 is 5.32 Å². The highest BCUT2D eigenvalue weighted by Gasteiger charge is 2.45. The minimum Gasteiger partial charge on any atom is -0.353 e. The van der Waals surface area contributed by atoms with Crippen molar-refractivity contribution < 1.29 is 18.0 Å². The number of aromatic nitrogens is 2. The minimum atomic E-state index is -4.31. The molecule has 1 aliphatic carbocycles. The van der Waals surface area contributed by atoms with Crippen molar-refractivity contribution in [3.63, 3.8) is 0 Å². The number of hydrogen-bond acceptors (Lipinski definition) is 4. The van der Waals surface area contributed by atoms with Crippen LogP contribution >= 0.6 is 11.3 Å². The number of hydrogen-bond donors (Lipinski definition) is 1. The second-order valence-corrected chi connectivity index (χ2v) is 8.27. The first kappa shape index (κ1) is 19.9. The maximum Gasteiger partial charge on any atom is 0.393 e. The van der Waals surface area contributed by atoms with Gasteiger partial charge in [0.15, 0.2) is 0 Å². The lowest BCUT2D eigenvalue weighted by Gasteiger charge is -2.33. The summed E-state index contributed by atoms with van der Waals surface area (Å²) in [5, 5.41) is 3.07. The van der Waals surface area contributed by atoms with Gasteiger partial charge in [-0.05, 0) is 32.3 Å². The van der Waals surface area contributed by atoms with Crippen LogP contribution in [0.2, 0.25) is 0 Å². The van der Waals surface area contributed by atoms with E-state index < -0.39 is 24.0 Å². The van der Waals surface area contributed by atoms with E-state index in [4.69, 9.17) is 0 Å². The largest absolute Gasteiger partial charge is 0.393 e. The van der Waals surface area contributed by atoms with Gasteiger partial charge in [-0.15, -0.1) is 11.3 Å². The molecule has 1 aliphatic rings. The molecule has 0 radical (unpaired) electrons. The summed E-state index contributed by atoms with van der Waals surface area (Å²) in [4.78, 5) is 30.7. The molecule has 9 heteroatoms. The van der Waals surface area contributed by atoms with Crippen LogP contribution in [0.3, 0.4) is 0 Å². The Morgan fingerprint density at radius 3 is 2.74 bits per heavy atom. The average molecular weight is 401 g/mol. The first-order valence-corrected chi connectivity index (χ1v) is 9.81. The average Bonchev–Trinajstić information content (AvgIpc) is 2.89. The zero-order valence-corrected chi connectivity index (χ0v) is 16.0. The van der Waals surface area contributed by atoms with Gasteiger partial charge in [0.25, 0.3) is 5.56 Å². The molecule has 0 saturated heterocycles. The monoisotopic (exact) mass is 401 g/mol. The Labute approximate surface area is 158 Å². The summed E-state index contributed by atoms with van der Waals surface area (Å²) in [5.41, 5.74) is 0.655. The number of rotatable bonds is 4. The van der Waals surface area contributed by atoms with E-state index in [0.29, 0.717) is 29.5 Å². The van der Waals surface area contributed by atoms with E-state index in [2.05, 4.69) is 10.3 Å². The van der Waals surface area contributed by atoms with Crippen molar-refractivity contribution >= 4 is 27.5 Å². The molecule has 148 valence electrons. The molecule has 1 saturated carbocycles. The molecule has 0 spiro atoms. The molecule has 1 N–H and O–H groups in total. The maximum atomic E-state index is 13.1. The maximum absolute atomic E-state index is 13.1. The standard InChI is InChI=1S/C18H22F3N3O2S/c1-10-11(2)27-16-15(10)17(26)24(9-22-16)8-7-14(25)23-13-6-4-3-5-12(13)18(19,20)21/h9,12-13H,3-8H2,1-2H3,(H,23,25). The van der Waals surface area contributed by atoms with Crippen molar-refractivity contribution in [1.82, 2.24) is 14.9 Å². The summed E-state index contributed by atoms with van der Waals surface area (Å²) in [6.45, 7) is 3.86. The number of carbonyl (C=O) groups is 1. The van der Waals surface area contributed by atoms with Gasteiger partial charge in [-0.25, -0.2) is 4.98 Å². The predicted octanol–water partition coefficient (Wildman–Crippen LogP) is 3.70. The van der Waals surface area contributed by atoms with E-state index in [1.807, 2.05) is 13.8 Å². The number of amides is 1. The molecule has 3 rings (SSSR count). The first-order valence-electron chi connectivity index (χ1n) is 8.99. The Bertz CT molecular complexity index is 904. The fourth-order valence-electron chi connectivity index (χ4n) is 3.63. The van der Waals surface area contributed by atoms with Gasteiger partial charge >= 0.3 is 6.18 Å². The van der Waals surface area contributed by atoms with Crippen molar-refractivity contribution in [3.05, 3.63) is 27.1 Å². The van der Waals surface area contributed by atoms with Crippen LogP contribution in [0.5, 0.6) is 0 Å². The molecular weight excluding hydrogens is 379 g/mol. The first-order chi connectivity index (χ1) is 12.7. The van der Waals surface area contributed by atoms with Crippen LogP contribution in [0.4, 0.5) is 13.2 Å². The second-order valence-electron chi connectivity index (χ2n) is 7.06. The van der Waals surface area contributed by atoms with Crippen LogP contribution < -0.4 is 10.9 Å². The zero-order chi connectivity index (χ0) is 19.8. The number of nitrogens with one attached hydrogen (secondary N) is 1. The van der Waals surface area contributed by atoms with Crippen molar-refractivity contribution in [2.45, 2.75) is 64.7 Å². The van der Waals surface area contributed by atoms with Crippen LogP contribution in [-0.2, 0) is 11.3 Å². The molecule has 0 bridgehead atoms. The van der Waals surface area contributed by atoms with Gasteiger partial charge in [0.05, 0.1) is 17.6 Å². The third-order valence-electron chi connectivity index (χ3n) is 5.27. The third kappa shape index (κ3) is 4.17. The molecule has 1 fully saturated rings. The van der Waals surface area contributed by atoms with E-state index >= 15 is 0 Å². The van der Waals surface area contributed by atoms with E-state index in [0.717, 1.165) is 10.4 Å². The van der Waals surface area contributed by atoms with Gasteiger partial charge in [-0.2, -0.15) is 13.2 Å². The van der Waals surface area contributed by atoms with Crippen LogP contribution in [0, 0.1) is 19.8 Å². The quantitative estimate of drug-likeness (QED) is 0.850. The van der Waals surface area contributed by atoms with Gasteiger partial charge in [0.1, 0.15) is 4.83 Å². The molecule has 2 aromatic rings. The highest BCUT2D eigenvalue weighted by molar-refractivity contribution is 7.18. The normalized spacial score (nSPS) is 20.8. The van der Waals surface area contributed by atoms with Crippen molar-refractivity contribution in [1.29, 1.82) is 0 Å². The fraction of sp³-hybridized carbons (Fsp3) is 0.611. The molecule has 5 nitrogen and oxygen atoms in total. The number of alkyl halides is 3. The SMILES string of the molecule is Cc1sc2ncn(CCC(=O)NC3CCCCC3C(F)(F)F)c(=O)c2c1C. The van der Waals surface area contributed by atoms with Crippen LogP contribution in [-0.4, -0.2) is 27.7 Å². The summed E-state index contributed by atoms with van der Waals surface area (Å²) in [5.74, 6) is -1.96. The Morgan fingerprint density at radius 1 is 1.33 bits per heavy atom. The second kappa shape index (κ2) is 7.61. The topological polar surface area (TPSA) is 64.0 Å². The van der Waals surface area contributed by atoms with Crippen LogP contribution in [0.1, 0.15) is 42.5 Å². The Morgan fingerprint density at radius 2 is 2.04 bits per heavy atom. The lowest BCUT2D eigenvalue weighted by Crippen LogP contribution is -2.47. The number of fused-ring (bicyclic) bond motifs is 1. The predicted molar refractivity (Wildman–Crippen MR) is 97.9 cm³/mol. The van der Waals surface area contributed by atoms with Crippen molar-refractivity contribution in [2.24, 2.45) is 5.92 Å². The van der Waals surface area contributed by atoms with Crippen molar-refractivity contribution in [2.75, 3.05) is 0 Å². The summed E-state index contributed by atoms with van der Waals surface area (Å²) in [6, 6.07) is -0.884. The van der Waals surface area contributed by atoms with Gasteiger partial charge in [0.2, 0.25) is 5.91 Å². The van der Waals surface area contributed by atoms with Gasteiger partial charge in [-0.1, -0.05) is 12.8 Å². The molecular formula is C18H22F3N3O2S. The zero-order valence-electron chi connectivity index (χ0n) is 15.2. The molecule has 27 heavy (non-hydrogen) atoms. The Balaban J connectivity index is 1.67. The summed E-state index contributed by atoms with van der Waals surface area (Å²) in [7, 11) is 0. The summed E-state index contributed by atoms with van der Waals surface area (Å²) in [6.07, 6.45) is -1.39. The number of nitrogens with zero attached hydrogens (tertiary/aromatic N) is 2. The molecule has 2 aromatic heterocycles. The van der Waals surface area contributed by atoms with E-state index in [1.165, 1.54) is 22.2 Å². The Hall–Kier alpha value is -1.90. The highest BCUT2D eigenvalue weighted by atomic mass is 32.1. The highest BCUT2D eigenvalue weighted by Crippen LogP contribution is 2.37. The molecule has 2 heterocycles. The smallest absolute Gasteiger partial charge is 0.353 e. The lowest BCUT2D eigenvalue weighted by atomic mass is 9.84. The third-order valence-corrected chi connectivity index (χ3v) is 6.38. The van der Waals surface area contributed by atoms with Crippen molar-refractivity contribution in [3.8, 4) is 0 Å². The number of carbonyl (C=O) groups excluding carboxylic acids is 1. The summed E-state index contributed by atoms with van der Waals surface area (Å²) >= 11 is 1.44. The van der Waals surface area contributed by atoms with E-state index in [9.17, 15) is 22.8 Å². The number of thiophene rings is 1. The van der Waals surface area contributed by atoms with E-state index in [-0.39, 0.29) is 24.9 Å². The molecule has 0 aromatic carbocycles. The van der Waals surface area contributed by atoms with Gasteiger partial charge in [0, 0.05) is 23.9 Å². The fourth-order valence-corrected chi connectivity index (χ4v) is 4.61. The molecule has 1 amide bonds. The Kier molecular flexibility index (Phi) is 5.60. The number of halogens is 3. The van der Waals surface area contributed by atoms with Crippen LogP contribution in [0.25, 0.3) is 10.2 Å². The molecule has 0 aliphatic heterocycles. The van der Waals surface area contributed by atoms with Crippen LogP contribution in [0.15, 0.2) is 11.1 Å². The van der Waals surface area contributed by atoms with Gasteiger partial charge in [-0.3, -0.25) is 14.2 Å². The number of aryl methyl sites for hydroxylation is 3. The lowest BCUT2D eigenvalue weighted by molar-refractivity contribution is -0.189.